The van der Waals surface area contributed by atoms with Gasteiger partial charge in [0.15, 0.2) is 0 Å². The number of ether oxygens (including phenoxy) is 1. The van der Waals surface area contributed by atoms with Crippen molar-refractivity contribution in [1.29, 1.82) is 0 Å². The fourth-order valence-corrected chi connectivity index (χ4v) is 3.70. The van der Waals surface area contributed by atoms with Gasteiger partial charge in [-0.1, -0.05) is 91.0 Å². The zero-order valence-electron chi connectivity index (χ0n) is 15.5. The normalized spacial score (nSPS) is 11.2. The minimum absolute atomic E-state index is 0.324. The molecule has 4 rings (SSSR count). The summed E-state index contributed by atoms with van der Waals surface area (Å²) in [6.45, 7) is 0. The van der Waals surface area contributed by atoms with Crippen molar-refractivity contribution >= 4 is 5.97 Å². The first kappa shape index (κ1) is 17.7. The van der Waals surface area contributed by atoms with Gasteiger partial charge in [0.05, 0.1) is 13.3 Å². The van der Waals surface area contributed by atoms with Crippen LogP contribution in [0.3, 0.4) is 0 Å². The first-order valence-electron chi connectivity index (χ1n) is 9.07. The van der Waals surface area contributed by atoms with E-state index in [2.05, 4.69) is 46.4 Å². The highest BCUT2D eigenvalue weighted by molar-refractivity contribution is 5.87. The molecule has 28 heavy (non-hydrogen) atoms. The second-order valence-electron chi connectivity index (χ2n) is 6.49. The predicted octanol–water partition coefficient (Wildman–Crippen LogP) is 4.58. The van der Waals surface area contributed by atoms with Gasteiger partial charge in [-0.05, 0) is 16.7 Å². The maximum atomic E-state index is 12.1. The number of rotatable bonds is 5. The second-order valence-corrected chi connectivity index (χ2v) is 6.49. The fraction of sp³-hybridized carbons (Fsp3) is 0.0833. The van der Waals surface area contributed by atoms with Crippen LogP contribution in [0, 0.1) is 0 Å². The molecule has 4 nitrogen and oxygen atoms in total. The molecule has 3 aromatic carbocycles. The van der Waals surface area contributed by atoms with Gasteiger partial charge in [0.25, 0.3) is 0 Å². The number of carbonyl (C=O) groups is 1. The van der Waals surface area contributed by atoms with Crippen molar-refractivity contribution < 1.29 is 9.53 Å². The molecule has 0 saturated carbocycles. The molecule has 0 bridgehead atoms. The van der Waals surface area contributed by atoms with Crippen LogP contribution < -0.4 is 0 Å². The Balaban J connectivity index is 2.07. The number of methoxy groups -OCH3 is 1. The van der Waals surface area contributed by atoms with Crippen molar-refractivity contribution in [1.82, 2.24) is 9.97 Å². The standard InChI is InChI=1S/C24H20N2O2/c1-28-22(27)21-17-25-23(26-21)24(18-11-5-2-6-12-18,19-13-7-3-8-14-19)20-15-9-4-10-16-20/h2-17H,1H3,(H,25,26). The molecule has 0 unspecified atom stereocenters. The maximum absolute atomic E-state index is 12.1. The third-order valence-electron chi connectivity index (χ3n) is 4.96. The Morgan fingerprint density at radius 2 is 1.21 bits per heavy atom. The smallest absolute Gasteiger partial charge is 0.356 e. The number of esters is 1. The van der Waals surface area contributed by atoms with E-state index in [-0.39, 0.29) is 0 Å². The summed E-state index contributed by atoms with van der Waals surface area (Å²) in [5.74, 6) is 0.221. The molecule has 0 radical (unpaired) electrons. The number of carbonyl (C=O) groups excluding carboxylic acids is 1. The van der Waals surface area contributed by atoms with Crippen LogP contribution in [0.5, 0.6) is 0 Å². The van der Waals surface area contributed by atoms with Gasteiger partial charge >= 0.3 is 5.97 Å². The summed E-state index contributed by atoms with van der Waals surface area (Å²) < 4.78 is 4.87. The second kappa shape index (κ2) is 7.53. The average molecular weight is 368 g/mol. The summed E-state index contributed by atoms with van der Waals surface area (Å²) in [7, 11) is 1.36. The van der Waals surface area contributed by atoms with Crippen molar-refractivity contribution in [3.8, 4) is 0 Å². The van der Waals surface area contributed by atoms with E-state index in [0.29, 0.717) is 11.5 Å². The molecule has 4 heteroatoms. The summed E-state index contributed by atoms with van der Waals surface area (Å²) in [5.41, 5.74) is 2.79. The van der Waals surface area contributed by atoms with Crippen LogP contribution in [0.1, 0.15) is 33.0 Å². The summed E-state index contributed by atoms with van der Waals surface area (Å²) in [4.78, 5) is 19.9. The third-order valence-corrected chi connectivity index (χ3v) is 4.96. The van der Waals surface area contributed by atoms with Gasteiger partial charge in [-0.25, -0.2) is 9.78 Å². The highest BCUT2D eigenvalue weighted by Crippen LogP contribution is 2.43. The number of hydrogen-bond donors (Lipinski definition) is 1. The molecule has 0 aliphatic heterocycles. The number of nitrogens with zero attached hydrogens (tertiary/aromatic N) is 1. The molecule has 0 saturated heterocycles. The van der Waals surface area contributed by atoms with Gasteiger partial charge in [0, 0.05) is 0 Å². The SMILES string of the molecule is COC(=O)c1cnc(C(c2ccccc2)(c2ccccc2)c2ccccc2)[nH]1. The first-order valence-corrected chi connectivity index (χ1v) is 9.07. The number of aromatic nitrogens is 2. The Morgan fingerprint density at radius 3 is 1.61 bits per heavy atom. The van der Waals surface area contributed by atoms with E-state index in [1.54, 1.807) is 0 Å². The number of benzene rings is 3. The molecule has 138 valence electrons. The quantitative estimate of drug-likeness (QED) is 0.414. The van der Waals surface area contributed by atoms with Crippen LogP contribution in [-0.2, 0) is 10.2 Å². The van der Waals surface area contributed by atoms with Crippen LogP contribution in [0.15, 0.2) is 97.2 Å². The molecule has 0 aliphatic carbocycles. The molecule has 0 amide bonds. The van der Waals surface area contributed by atoms with E-state index in [9.17, 15) is 4.79 Å². The van der Waals surface area contributed by atoms with Gasteiger partial charge in [0.1, 0.15) is 16.9 Å². The van der Waals surface area contributed by atoms with Crippen molar-refractivity contribution in [3.05, 3.63) is 125 Å². The molecule has 1 N–H and O–H groups in total. The van der Waals surface area contributed by atoms with E-state index in [4.69, 9.17) is 4.74 Å². The van der Waals surface area contributed by atoms with Crippen molar-refractivity contribution in [2.75, 3.05) is 7.11 Å². The van der Waals surface area contributed by atoms with Crippen molar-refractivity contribution in [2.24, 2.45) is 0 Å². The summed E-state index contributed by atoms with van der Waals surface area (Å²) >= 11 is 0. The Bertz CT molecular complexity index is 961. The summed E-state index contributed by atoms with van der Waals surface area (Å²) in [6.07, 6.45) is 1.53. The molecular formula is C24H20N2O2. The molecule has 0 atom stereocenters. The molecule has 0 spiro atoms. The first-order chi connectivity index (χ1) is 13.8. The number of hydrogen-bond acceptors (Lipinski definition) is 3. The Hall–Kier alpha value is -3.66. The Morgan fingerprint density at radius 1 is 0.786 bits per heavy atom. The molecule has 0 fully saturated rings. The lowest BCUT2D eigenvalue weighted by Crippen LogP contribution is -2.32. The monoisotopic (exact) mass is 368 g/mol. The van der Waals surface area contributed by atoms with E-state index < -0.39 is 11.4 Å². The topological polar surface area (TPSA) is 55.0 Å². The highest BCUT2D eigenvalue weighted by atomic mass is 16.5. The predicted molar refractivity (Wildman–Crippen MR) is 108 cm³/mol. The van der Waals surface area contributed by atoms with Gasteiger partial charge in [-0.3, -0.25) is 0 Å². The van der Waals surface area contributed by atoms with Crippen LogP contribution in [0.2, 0.25) is 0 Å². The zero-order valence-corrected chi connectivity index (χ0v) is 15.5. The van der Waals surface area contributed by atoms with Gasteiger partial charge in [0.2, 0.25) is 0 Å². The van der Waals surface area contributed by atoms with Gasteiger partial charge in [-0.2, -0.15) is 0 Å². The molecule has 4 aromatic rings. The average Bonchev–Trinajstić information content (AvgIpc) is 3.26. The van der Waals surface area contributed by atoms with Gasteiger partial charge < -0.3 is 9.72 Å². The minimum atomic E-state index is -0.698. The molecule has 1 heterocycles. The number of nitrogens with one attached hydrogen (secondary N) is 1. The zero-order chi connectivity index (χ0) is 19.4. The van der Waals surface area contributed by atoms with E-state index in [1.165, 1.54) is 13.3 Å². The van der Waals surface area contributed by atoms with E-state index in [1.807, 2.05) is 54.6 Å². The van der Waals surface area contributed by atoms with E-state index >= 15 is 0 Å². The lowest BCUT2D eigenvalue weighted by molar-refractivity contribution is 0.0594. The summed E-state index contributed by atoms with van der Waals surface area (Å²) in [6, 6.07) is 30.6. The number of H-pyrrole nitrogens is 1. The van der Waals surface area contributed by atoms with Crippen molar-refractivity contribution in [3.63, 3.8) is 0 Å². The maximum Gasteiger partial charge on any atom is 0.356 e. The lowest BCUT2D eigenvalue weighted by atomic mass is 9.69. The summed E-state index contributed by atoms with van der Waals surface area (Å²) in [5, 5.41) is 0. The fourth-order valence-electron chi connectivity index (χ4n) is 3.70. The largest absolute Gasteiger partial charge is 0.464 e. The highest BCUT2D eigenvalue weighted by Gasteiger charge is 2.41. The lowest BCUT2D eigenvalue weighted by Gasteiger charge is -2.34. The molecule has 1 aromatic heterocycles. The molecule has 0 aliphatic rings. The number of aromatic amines is 1. The third kappa shape index (κ3) is 2.89. The Kier molecular flexibility index (Phi) is 4.77. The van der Waals surface area contributed by atoms with Crippen molar-refractivity contribution in [2.45, 2.75) is 5.41 Å². The van der Waals surface area contributed by atoms with Crippen LogP contribution in [0.25, 0.3) is 0 Å². The number of imidazole rings is 1. The van der Waals surface area contributed by atoms with Gasteiger partial charge in [-0.15, -0.1) is 0 Å². The minimum Gasteiger partial charge on any atom is -0.464 e. The Labute approximate surface area is 163 Å². The molecular weight excluding hydrogens is 348 g/mol. The van der Waals surface area contributed by atoms with Crippen LogP contribution >= 0.6 is 0 Å². The van der Waals surface area contributed by atoms with Crippen LogP contribution in [-0.4, -0.2) is 23.0 Å². The van der Waals surface area contributed by atoms with Crippen LogP contribution in [0.4, 0.5) is 0 Å². The van der Waals surface area contributed by atoms with E-state index in [0.717, 1.165) is 16.7 Å².